The van der Waals surface area contributed by atoms with Crippen LogP contribution in [0.3, 0.4) is 0 Å². The summed E-state index contributed by atoms with van der Waals surface area (Å²) >= 11 is 0. The summed E-state index contributed by atoms with van der Waals surface area (Å²) in [6.07, 6.45) is 6.78. The predicted octanol–water partition coefficient (Wildman–Crippen LogP) is 3.50. The Kier molecular flexibility index (Phi) is 6.73. The SMILES string of the molecule is C[C@@H]1CCC[C@@H](C)N1NC(=O)c1ccc(C(=O)NN2[C@H](C)CCC[C@@H]2C)cc1. The van der Waals surface area contributed by atoms with Crippen molar-refractivity contribution in [2.24, 2.45) is 0 Å². The molecular weight excluding hydrogens is 352 g/mol. The number of nitrogens with zero attached hydrogens (tertiary/aromatic N) is 2. The standard InChI is InChI=1S/C22H34N4O2/c1-15-7-5-8-16(2)25(15)23-21(27)19-11-13-20(14-12-19)22(28)24-26-17(3)9-6-10-18(26)4/h11-18H,5-10H2,1-4H3,(H,23,27)(H,24,28)/t15-,16-,17-,18+/m1/s1. The van der Waals surface area contributed by atoms with E-state index >= 15 is 0 Å². The fourth-order valence-electron chi connectivity index (χ4n) is 4.42. The van der Waals surface area contributed by atoms with Gasteiger partial charge in [0.1, 0.15) is 0 Å². The quantitative estimate of drug-likeness (QED) is 0.831. The van der Waals surface area contributed by atoms with E-state index in [1.54, 1.807) is 24.3 Å². The second-order valence-electron chi connectivity index (χ2n) is 8.53. The predicted molar refractivity (Wildman–Crippen MR) is 111 cm³/mol. The van der Waals surface area contributed by atoms with Gasteiger partial charge in [0.2, 0.25) is 0 Å². The highest BCUT2D eigenvalue weighted by Gasteiger charge is 2.27. The van der Waals surface area contributed by atoms with Crippen molar-refractivity contribution in [1.82, 2.24) is 20.9 Å². The fraction of sp³-hybridized carbons (Fsp3) is 0.636. The highest BCUT2D eigenvalue weighted by atomic mass is 16.2. The molecule has 2 saturated heterocycles. The van der Waals surface area contributed by atoms with Crippen LogP contribution in [0.15, 0.2) is 24.3 Å². The Hall–Kier alpha value is -1.92. The highest BCUT2D eigenvalue weighted by Crippen LogP contribution is 2.22. The maximum absolute atomic E-state index is 12.6. The molecule has 0 unspecified atom stereocenters. The third-order valence-electron chi connectivity index (χ3n) is 6.26. The first-order valence-electron chi connectivity index (χ1n) is 10.7. The van der Waals surface area contributed by atoms with E-state index in [1.807, 2.05) is 0 Å². The molecule has 154 valence electrons. The number of hydrogen-bond donors (Lipinski definition) is 2. The first-order chi connectivity index (χ1) is 13.4. The minimum atomic E-state index is -0.120. The van der Waals surface area contributed by atoms with Crippen LogP contribution < -0.4 is 10.9 Å². The maximum Gasteiger partial charge on any atom is 0.265 e. The largest absolute Gasteiger partial charge is 0.284 e. The summed E-state index contributed by atoms with van der Waals surface area (Å²) in [6.45, 7) is 8.58. The minimum Gasteiger partial charge on any atom is -0.284 e. The van der Waals surface area contributed by atoms with Gasteiger partial charge in [0, 0.05) is 35.3 Å². The number of rotatable bonds is 4. The van der Waals surface area contributed by atoms with Crippen LogP contribution in [0.1, 0.15) is 86.9 Å². The second kappa shape index (κ2) is 9.05. The number of carbonyl (C=O) groups excluding carboxylic acids is 2. The van der Waals surface area contributed by atoms with Gasteiger partial charge in [-0.1, -0.05) is 12.8 Å². The molecule has 2 aliphatic heterocycles. The van der Waals surface area contributed by atoms with E-state index in [4.69, 9.17) is 0 Å². The summed E-state index contributed by atoms with van der Waals surface area (Å²) in [4.78, 5) is 25.3. The van der Waals surface area contributed by atoms with E-state index in [0.29, 0.717) is 35.3 Å². The van der Waals surface area contributed by atoms with Gasteiger partial charge in [0.25, 0.3) is 11.8 Å². The van der Waals surface area contributed by atoms with Crippen LogP contribution in [0.5, 0.6) is 0 Å². The maximum atomic E-state index is 12.6. The van der Waals surface area contributed by atoms with Gasteiger partial charge >= 0.3 is 0 Å². The van der Waals surface area contributed by atoms with Gasteiger partial charge in [-0.2, -0.15) is 0 Å². The highest BCUT2D eigenvalue weighted by molar-refractivity contribution is 5.97. The van der Waals surface area contributed by atoms with E-state index < -0.39 is 0 Å². The van der Waals surface area contributed by atoms with Crippen LogP contribution in [0.25, 0.3) is 0 Å². The molecule has 28 heavy (non-hydrogen) atoms. The Morgan fingerprint density at radius 1 is 0.679 bits per heavy atom. The van der Waals surface area contributed by atoms with Gasteiger partial charge in [0.15, 0.2) is 0 Å². The number of hydrogen-bond acceptors (Lipinski definition) is 4. The molecule has 2 fully saturated rings. The summed E-state index contributed by atoms with van der Waals surface area (Å²) < 4.78 is 0. The third-order valence-corrected chi connectivity index (χ3v) is 6.26. The molecule has 2 N–H and O–H groups in total. The van der Waals surface area contributed by atoms with Gasteiger partial charge in [-0.25, -0.2) is 10.0 Å². The van der Waals surface area contributed by atoms with Gasteiger partial charge in [0.05, 0.1) is 0 Å². The molecule has 0 saturated carbocycles. The van der Waals surface area contributed by atoms with E-state index in [9.17, 15) is 9.59 Å². The van der Waals surface area contributed by atoms with Crippen molar-refractivity contribution in [3.63, 3.8) is 0 Å². The summed E-state index contributed by atoms with van der Waals surface area (Å²) in [5.41, 5.74) is 7.23. The summed E-state index contributed by atoms with van der Waals surface area (Å²) in [7, 11) is 0. The number of piperidine rings is 2. The molecule has 0 bridgehead atoms. The fourth-order valence-corrected chi connectivity index (χ4v) is 4.42. The zero-order valence-electron chi connectivity index (χ0n) is 17.6. The van der Waals surface area contributed by atoms with Crippen molar-refractivity contribution >= 4 is 11.8 Å². The Morgan fingerprint density at radius 3 is 1.25 bits per heavy atom. The molecule has 0 spiro atoms. The summed E-state index contributed by atoms with van der Waals surface area (Å²) in [5, 5.41) is 4.12. The smallest absolute Gasteiger partial charge is 0.265 e. The minimum absolute atomic E-state index is 0.120. The lowest BCUT2D eigenvalue weighted by atomic mass is 9.99. The zero-order chi connectivity index (χ0) is 20.3. The van der Waals surface area contributed by atoms with Crippen molar-refractivity contribution in [3.8, 4) is 0 Å². The van der Waals surface area contributed by atoms with E-state index in [1.165, 1.54) is 12.8 Å². The van der Waals surface area contributed by atoms with Crippen molar-refractivity contribution in [3.05, 3.63) is 35.4 Å². The van der Waals surface area contributed by atoms with Crippen molar-refractivity contribution in [2.75, 3.05) is 0 Å². The second-order valence-corrected chi connectivity index (χ2v) is 8.53. The van der Waals surface area contributed by atoms with Crippen LogP contribution in [-0.2, 0) is 0 Å². The van der Waals surface area contributed by atoms with Crippen LogP contribution in [-0.4, -0.2) is 46.0 Å². The monoisotopic (exact) mass is 386 g/mol. The van der Waals surface area contributed by atoms with Gasteiger partial charge in [-0.05, 0) is 77.6 Å². The number of carbonyl (C=O) groups is 2. The molecule has 2 heterocycles. The average molecular weight is 387 g/mol. The number of nitrogens with one attached hydrogen (secondary N) is 2. The van der Waals surface area contributed by atoms with E-state index in [2.05, 4.69) is 48.6 Å². The number of hydrazine groups is 2. The summed E-state index contributed by atoms with van der Waals surface area (Å²) in [5.74, 6) is -0.239. The molecule has 4 atom stereocenters. The zero-order valence-corrected chi connectivity index (χ0v) is 17.6. The van der Waals surface area contributed by atoms with E-state index in [-0.39, 0.29) is 11.8 Å². The molecule has 3 rings (SSSR count). The third kappa shape index (κ3) is 4.73. The summed E-state index contributed by atoms with van der Waals surface area (Å²) in [6, 6.07) is 8.27. The molecule has 0 aliphatic carbocycles. The van der Waals surface area contributed by atoms with Gasteiger partial charge in [-0.3, -0.25) is 20.4 Å². The Bertz CT molecular complexity index is 611. The molecule has 0 radical (unpaired) electrons. The molecule has 6 heteroatoms. The van der Waals surface area contributed by atoms with Crippen molar-refractivity contribution in [2.45, 2.75) is 90.4 Å². The van der Waals surface area contributed by atoms with Gasteiger partial charge < -0.3 is 0 Å². The molecule has 6 nitrogen and oxygen atoms in total. The lowest BCUT2D eigenvalue weighted by molar-refractivity contribution is 0.0365. The van der Waals surface area contributed by atoms with Crippen molar-refractivity contribution in [1.29, 1.82) is 0 Å². The first-order valence-corrected chi connectivity index (χ1v) is 10.7. The first kappa shape index (κ1) is 20.8. The molecular formula is C22H34N4O2. The molecule has 1 aromatic rings. The topological polar surface area (TPSA) is 64.7 Å². The Balaban J connectivity index is 1.61. The lowest BCUT2D eigenvalue weighted by Gasteiger charge is -2.38. The van der Waals surface area contributed by atoms with Gasteiger partial charge in [-0.15, -0.1) is 0 Å². The molecule has 1 aromatic carbocycles. The molecule has 0 aromatic heterocycles. The number of benzene rings is 1. The average Bonchev–Trinajstić information content (AvgIpc) is 2.67. The van der Waals surface area contributed by atoms with Crippen LogP contribution in [0, 0.1) is 0 Å². The molecule has 2 aliphatic rings. The Morgan fingerprint density at radius 2 is 0.964 bits per heavy atom. The lowest BCUT2D eigenvalue weighted by Crippen LogP contribution is -2.54. The number of amides is 2. The van der Waals surface area contributed by atoms with Crippen LogP contribution >= 0.6 is 0 Å². The normalized spacial score (nSPS) is 29.3. The Labute approximate surface area is 168 Å². The van der Waals surface area contributed by atoms with Crippen LogP contribution in [0.2, 0.25) is 0 Å². The van der Waals surface area contributed by atoms with Crippen molar-refractivity contribution < 1.29 is 9.59 Å². The molecule has 2 amide bonds. The van der Waals surface area contributed by atoms with E-state index in [0.717, 1.165) is 25.7 Å². The van der Waals surface area contributed by atoms with Crippen LogP contribution in [0.4, 0.5) is 0 Å².